The molecule has 0 fully saturated rings. The van der Waals surface area contributed by atoms with Crippen molar-refractivity contribution in [2.24, 2.45) is 0 Å². The quantitative estimate of drug-likeness (QED) is 0.534. The summed E-state index contributed by atoms with van der Waals surface area (Å²) in [5.74, 6) is 0. The number of rotatable bonds is 0. The highest BCUT2D eigenvalue weighted by Gasteiger charge is 2.02. The van der Waals surface area contributed by atoms with Crippen LogP contribution in [0.2, 0.25) is 0 Å². The molecule has 0 bridgehead atoms. The van der Waals surface area contributed by atoms with E-state index in [1.165, 1.54) is 0 Å². The van der Waals surface area contributed by atoms with E-state index >= 15 is 0 Å². The zero-order valence-electron chi connectivity index (χ0n) is 6.23. The molecule has 1 aromatic carbocycles. The topological polar surface area (TPSA) is 46.0 Å². The summed E-state index contributed by atoms with van der Waals surface area (Å²) in [4.78, 5) is 0. The summed E-state index contributed by atoms with van der Waals surface area (Å²) >= 11 is 0. The Morgan fingerprint density at radius 1 is 1.25 bits per heavy atom. The number of nitrogens with zero attached hydrogens (tertiary/aromatic N) is 3. The average Bonchev–Trinajstić information content (AvgIpc) is 2.62. The Balaban J connectivity index is 2.68. The van der Waals surface area contributed by atoms with Crippen LogP contribution in [-0.2, 0) is 0 Å². The van der Waals surface area contributed by atoms with Gasteiger partial charge in [0, 0.05) is 5.39 Å². The molecule has 2 aromatic heterocycles. The summed E-state index contributed by atoms with van der Waals surface area (Å²) in [6.45, 7) is 0. The number of benzene rings is 1. The molecule has 0 unspecified atom stereocenters. The standard InChI is InChI=1S/C8H6N4/c1-2-4-7-6(3-1)8-10-9-5-12(8)11-7/h1-5,11H. The number of aromatic nitrogens is 4. The maximum absolute atomic E-state index is 3.99. The van der Waals surface area contributed by atoms with Crippen LogP contribution in [0.15, 0.2) is 30.6 Å². The molecule has 0 aliphatic carbocycles. The third-order valence-electron chi connectivity index (χ3n) is 1.96. The van der Waals surface area contributed by atoms with Crippen LogP contribution in [0, 0.1) is 0 Å². The van der Waals surface area contributed by atoms with Crippen LogP contribution >= 0.6 is 0 Å². The van der Waals surface area contributed by atoms with Crippen molar-refractivity contribution in [2.75, 3.05) is 0 Å². The van der Waals surface area contributed by atoms with Gasteiger partial charge in [-0.25, -0.2) is 4.52 Å². The van der Waals surface area contributed by atoms with Crippen LogP contribution in [0.4, 0.5) is 0 Å². The van der Waals surface area contributed by atoms with Crippen molar-refractivity contribution in [3.8, 4) is 0 Å². The van der Waals surface area contributed by atoms with Gasteiger partial charge in [-0.1, -0.05) is 12.1 Å². The van der Waals surface area contributed by atoms with E-state index in [9.17, 15) is 0 Å². The molecular formula is C8H6N4. The zero-order valence-corrected chi connectivity index (χ0v) is 6.23. The lowest BCUT2D eigenvalue weighted by molar-refractivity contribution is 0.975. The van der Waals surface area contributed by atoms with Crippen molar-refractivity contribution < 1.29 is 0 Å². The average molecular weight is 158 g/mol. The number of nitrogens with one attached hydrogen (secondary N) is 1. The molecule has 0 aliphatic rings. The van der Waals surface area contributed by atoms with E-state index in [2.05, 4.69) is 15.3 Å². The van der Waals surface area contributed by atoms with Crippen molar-refractivity contribution in [3.63, 3.8) is 0 Å². The molecule has 0 radical (unpaired) electrons. The number of para-hydroxylation sites is 1. The lowest BCUT2D eigenvalue weighted by atomic mass is 10.2. The zero-order chi connectivity index (χ0) is 7.97. The molecule has 4 heteroatoms. The van der Waals surface area contributed by atoms with E-state index in [0.29, 0.717) is 0 Å². The Bertz CT molecular complexity index is 533. The highest BCUT2D eigenvalue weighted by atomic mass is 15.3. The SMILES string of the molecule is c1ccc2c(c1)[nH]n1cnnc21. The van der Waals surface area contributed by atoms with Gasteiger partial charge in [-0.3, -0.25) is 5.10 Å². The van der Waals surface area contributed by atoms with Crippen LogP contribution in [0.5, 0.6) is 0 Å². The molecular weight excluding hydrogens is 152 g/mol. The lowest BCUT2D eigenvalue weighted by Crippen LogP contribution is -1.76. The Morgan fingerprint density at radius 3 is 3.17 bits per heavy atom. The molecule has 0 spiro atoms. The maximum atomic E-state index is 3.99. The monoisotopic (exact) mass is 158 g/mol. The normalized spacial score (nSPS) is 11.3. The Labute approximate surface area is 67.8 Å². The lowest BCUT2D eigenvalue weighted by Gasteiger charge is -1.83. The van der Waals surface area contributed by atoms with Gasteiger partial charge in [0.05, 0.1) is 5.52 Å². The fourth-order valence-corrected chi connectivity index (χ4v) is 1.41. The maximum Gasteiger partial charge on any atom is 0.184 e. The molecule has 0 amide bonds. The number of hydrogen-bond donors (Lipinski definition) is 1. The second-order valence-corrected chi connectivity index (χ2v) is 2.68. The molecule has 2 heterocycles. The number of H-pyrrole nitrogens is 1. The summed E-state index contributed by atoms with van der Waals surface area (Å²) in [5, 5.41) is 12.0. The first-order valence-electron chi connectivity index (χ1n) is 3.71. The predicted molar refractivity (Wildman–Crippen MR) is 44.8 cm³/mol. The van der Waals surface area contributed by atoms with Crippen molar-refractivity contribution in [2.45, 2.75) is 0 Å². The van der Waals surface area contributed by atoms with E-state index in [0.717, 1.165) is 16.6 Å². The Hall–Kier alpha value is -1.84. The van der Waals surface area contributed by atoms with Gasteiger partial charge in [-0.05, 0) is 12.1 Å². The largest absolute Gasteiger partial charge is 0.291 e. The third kappa shape index (κ3) is 0.567. The molecule has 0 saturated carbocycles. The fraction of sp³-hybridized carbons (Fsp3) is 0. The molecule has 3 aromatic rings. The molecule has 58 valence electrons. The van der Waals surface area contributed by atoms with Crippen LogP contribution in [0.3, 0.4) is 0 Å². The van der Waals surface area contributed by atoms with Gasteiger partial charge in [0.15, 0.2) is 5.65 Å². The number of hydrogen-bond acceptors (Lipinski definition) is 2. The summed E-state index contributed by atoms with van der Waals surface area (Å²) < 4.78 is 1.81. The van der Waals surface area contributed by atoms with Gasteiger partial charge < -0.3 is 0 Å². The first kappa shape index (κ1) is 5.77. The molecule has 4 nitrogen and oxygen atoms in total. The molecule has 0 saturated heterocycles. The summed E-state index contributed by atoms with van der Waals surface area (Å²) in [6.07, 6.45) is 1.66. The second kappa shape index (κ2) is 1.85. The molecule has 0 atom stereocenters. The summed E-state index contributed by atoms with van der Waals surface area (Å²) in [6, 6.07) is 8.02. The molecule has 1 N–H and O–H groups in total. The highest BCUT2D eigenvalue weighted by molar-refractivity contribution is 5.91. The number of aromatic amines is 1. The van der Waals surface area contributed by atoms with Crippen LogP contribution in [-0.4, -0.2) is 19.8 Å². The predicted octanol–water partition coefficient (Wildman–Crippen LogP) is 1.21. The minimum atomic E-state index is 0.880. The highest BCUT2D eigenvalue weighted by Crippen LogP contribution is 2.15. The Morgan fingerprint density at radius 2 is 2.17 bits per heavy atom. The van der Waals surface area contributed by atoms with Gasteiger partial charge in [-0.15, -0.1) is 10.2 Å². The van der Waals surface area contributed by atoms with E-state index in [-0.39, 0.29) is 0 Å². The van der Waals surface area contributed by atoms with Crippen molar-refractivity contribution >= 4 is 16.6 Å². The first-order valence-corrected chi connectivity index (χ1v) is 3.71. The fourth-order valence-electron chi connectivity index (χ4n) is 1.41. The Kier molecular flexibility index (Phi) is 0.889. The van der Waals surface area contributed by atoms with E-state index in [1.807, 2.05) is 28.8 Å². The van der Waals surface area contributed by atoms with E-state index < -0.39 is 0 Å². The van der Waals surface area contributed by atoms with Gasteiger partial charge in [0.2, 0.25) is 0 Å². The van der Waals surface area contributed by atoms with Crippen molar-refractivity contribution in [3.05, 3.63) is 30.6 Å². The summed E-state index contributed by atoms with van der Waals surface area (Å²) in [7, 11) is 0. The second-order valence-electron chi connectivity index (χ2n) is 2.68. The van der Waals surface area contributed by atoms with E-state index in [4.69, 9.17) is 0 Å². The van der Waals surface area contributed by atoms with Crippen molar-refractivity contribution in [1.29, 1.82) is 0 Å². The van der Waals surface area contributed by atoms with Gasteiger partial charge in [0.1, 0.15) is 6.33 Å². The third-order valence-corrected chi connectivity index (χ3v) is 1.96. The van der Waals surface area contributed by atoms with Crippen molar-refractivity contribution in [1.82, 2.24) is 19.8 Å². The van der Waals surface area contributed by atoms with E-state index in [1.54, 1.807) is 6.33 Å². The molecule has 0 aliphatic heterocycles. The van der Waals surface area contributed by atoms with Crippen LogP contribution in [0.1, 0.15) is 0 Å². The van der Waals surface area contributed by atoms with Gasteiger partial charge >= 0.3 is 0 Å². The van der Waals surface area contributed by atoms with Crippen LogP contribution < -0.4 is 0 Å². The minimum absolute atomic E-state index is 0.880. The van der Waals surface area contributed by atoms with Gasteiger partial charge in [-0.2, -0.15) is 0 Å². The minimum Gasteiger partial charge on any atom is -0.291 e. The molecule has 12 heavy (non-hydrogen) atoms. The smallest absolute Gasteiger partial charge is 0.184 e. The van der Waals surface area contributed by atoms with Gasteiger partial charge in [0.25, 0.3) is 0 Å². The summed E-state index contributed by atoms with van der Waals surface area (Å²) in [5.41, 5.74) is 1.97. The molecule has 3 rings (SSSR count). The first-order chi connectivity index (χ1) is 5.95. The van der Waals surface area contributed by atoms with Crippen LogP contribution in [0.25, 0.3) is 16.6 Å². The number of fused-ring (bicyclic) bond motifs is 3.